The number of sulfonamides is 1. The summed E-state index contributed by atoms with van der Waals surface area (Å²) in [7, 11) is -2.10. The first kappa shape index (κ1) is 24.0. The zero-order valence-corrected chi connectivity index (χ0v) is 20.0. The van der Waals surface area contributed by atoms with Crippen LogP contribution in [0.15, 0.2) is 39.6 Å². The van der Waals surface area contributed by atoms with Crippen molar-refractivity contribution < 1.29 is 27.3 Å². The third-order valence-corrected chi connectivity index (χ3v) is 8.16. The quantitative estimate of drug-likeness (QED) is 0.445. The van der Waals surface area contributed by atoms with Crippen molar-refractivity contribution in [1.82, 2.24) is 9.21 Å². The molecule has 1 aromatic carbocycles. The van der Waals surface area contributed by atoms with Gasteiger partial charge in [-0.25, -0.2) is 8.42 Å². The van der Waals surface area contributed by atoms with E-state index in [0.29, 0.717) is 56.6 Å². The van der Waals surface area contributed by atoms with Gasteiger partial charge in [0.1, 0.15) is 10.7 Å². The van der Waals surface area contributed by atoms with E-state index in [1.165, 1.54) is 13.2 Å². The van der Waals surface area contributed by atoms with E-state index in [9.17, 15) is 23.3 Å². The maximum Gasteiger partial charge on any atom is 0.433 e. The summed E-state index contributed by atoms with van der Waals surface area (Å²) < 4.78 is 38.6. The molecule has 2 aliphatic heterocycles. The summed E-state index contributed by atoms with van der Waals surface area (Å²) >= 11 is 0. The van der Waals surface area contributed by atoms with Gasteiger partial charge in [0.2, 0.25) is 10.0 Å². The van der Waals surface area contributed by atoms with Crippen LogP contribution >= 0.6 is 0 Å². The van der Waals surface area contributed by atoms with Crippen LogP contribution in [-0.2, 0) is 10.0 Å². The van der Waals surface area contributed by atoms with Crippen LogP contribution in [0.1, 0.15) is 30.3 Å². The number of nitrogens with zero attached hydrogens (tertiary/aromatic N) is 4. The van der Waals surface area contributed by atoms with Crippen LogP contribution in [0.2, 0.25) is 0 Å². The largest absolute Gasteiger partial charge is 0.495 e. The lowest BCUT2D eigenvalue weighted by molar-refractivity contribution is -0.402. The van der Waals surface area contributed by atoms with E-state index in [1.54, 1.807) is 27.4 Å². The lowest BCUT2D eigenvalue weighted by atomic mass is 10.0. The van der Waals surface area contributed by atoms with Gasteiger partial charge in [-0.1, -0.05) is 6.92 Å². The van der Waals surface area contributed by atoms with Gasteiger partial charge >= 0.3 is 5.88 Å². The van der Waals surface area contributed by atoms with Crippen LogP contribution in [-0.4, -0.2) is 74.8 Å². The number of rotatable bonds is 6. The molecule has 34 heavy (non-hydrogen) atoms. The van der Waals surface area contributed by atoms with Gasteiger partial charge in [0.25, 0.3) is 5.91 Å². The van der Waals surface area contributed by atoms with E-state index < -0.39 is 26.7 Å². The molecular weight excluding hydrogens is 464 g/mol. The number of hydrogen-bond donors (Lipinski definition) is 0. The lowest BCUT2D eigenvalue weighted by Crippen LogP contribution is -2.48. The predicted molar refractivity (Wildman–Crippen MR) is 124 cm³/mol. The van der Waals surface area contributed by atoms with Crippen molar-refractivity contribution in [2.45, 2.75) is 24.7 Å². The van der Waals surface area contributed by atoms with Crippen molar-refractivity contribution in [3.8, 4) is 5.75 Å². The summed E-state index contributed by atoms with van der Waals surface area (Å²) in [6, 6.07) is 7.32. The van der Waals surface area contributed by atoms with Crippen molar-refractivity contribution >= 4 is 27.5 Å². The predicted octanol–water partition coefficient (Wildman–Crippen LogP) is 2.58. The number of furan rings is 1. The molecule has 2 fully saturated rings. The molecule has 2 aromatic rings. The van der Waals surface area contributed by atoms with Crippen LogP contribution in [0.5, 0.6) is 5.75 Å². The van der Waals surface area contributed by atoms with E-state index >= 15 is 0 Å². The topological polar surface area (TPSA) is 126 Å². The number of piperazine rings is 1. The van der Waals surface area contributed by atoms with E-state index in [4.69, 9.17) is 9.15 Å². The first-order valence-corrected chi connectivity index (χ1v) is 12.6. The molecule has 1 amide bonds. The van der Waals surface area contributed by atoms with Gasteiger partial charge < -0.3 is 19.0 Å². The van der Waals surface area contributed by atoms with Gasteiger partial charge in [-0.05, 0) is 43.0 Å². The van der Waals surface area contributed by atoms with Gasteiger partial charge in [-0.15, -0.1) is 0 Å². The molecule has 4 rings (SSSR count). The molecule has 1 atom stereocenters. The number of amides is 1. The summed E-state index contributed by atoms with van der Waals surface area (Å²) in [4.78, 5) is 26.5. The van der Waals surface area contributed by atoms with Gasteiger partial charge in [-0.2, -0.15) is 4.31 Å². The van der Waals surface area contributed by atoms with Crippen molar-refractivity contribution in [2.24, 2.45) is 5.92 Å². The molecule has 12 heteroatoms. The Morgan fingerprint density at radius 1 is 1.15 bits per heavy atom. The number of nitro groups is 1. The summed E-state index contributed by atoms with van der Waals surface area (Å²) in [6.45, 7) is 4.65. The number of piperidine rings is 1. The first-order chi connectivity index (χ1) is 16.2. The maximum absolute atomic E-state index is 13.3. The average molecular weight is 493 g/mol. The minimum atomic E-state index is -3.63. The number of methoxy groups -OCH3 is 1. The number of hydrogen-bond acceptors (Lipinski definition) is 8. The van der Waals surface area contributed by atoms with Crippen LogP contribution in [0.3, 0.4) is 0 Å². The number of ether oxygens (including phenoxy) is 1. The van der Waals surface area contributed by atoms with Crippen LogP contribution in [0.25, 0.3) is 0 Å². The fourth-order valence-electron chi connectivity index (χ4n) is 4.44. The Morgan fingerprint density at radius 3 is 2.50 bits per heavy atom. The molecule has 0 aliphatic carbocycles. The van der Waals surface area contributed by atoms with Crippen LogP contribution in [0.4, 0.5) is 11.6 Å². The zero-order chi connectivity index (χ0) is 24.5. The summed E-state index contributed by atoms with van der Waals surface area (Å²) in [5.74, 6) is -0.112. The molecule has 2 aliphatic rings. The Balaban J connectivity index is 1.50. The van der Waals surface area contributed by atoms with E-state index in [2.05, 4.69) is 6.92 Å². The third kappa shape index (κ3) is 4.73. The smallest absolute Gasteiger partial charge is 0.433 e. The Labute approximate surface area is 198 Å². The van der Waals surface area contributed by atoms with Gasteiger partial charge in [0.15, 0.2) is 5.76 Å². The Morgan fingerprint density at radius 2 is 1.88 bits per heavy atom. The number of carbonyl (C=O) groups is 1. The van der Waals surface area contributed by atoms with Crippen molar-refractivity contribution in [3.05, 3.63) is 46.2 Å². The molecule has 184 valence electrons. The molecule has 0 unspecified atom stereocenters. The van der Waals surface area contributed by atoms with Gasteiger partial charge in [-0.3, -0.25) is 14.9 Å². The summed E-state index contributed by atoms with van der Waals surface area (Å²) in [6.07, 6.45) is 1.87. The van der Waals surface area contributed by atoms with Crippen LogP contribution < -0.4 is 9.64 Å². The maximum atomic E-state index is 13.3. The minimum absolute atomic E-state index is 0.0819. The standard InChI is InChI=1S/C22H28N4O7S/c1-16-4-3-9-25(15-16)34(30,31)17-5-6-19(32-2)18(14-17)23-10-12-24(13-11-23)22(27)20-7-8-21(33-20)26(28)29/h5-8,14,16H,3-4,9-13,15H2,1-2H3/t16-/m1/s1. The van der Waals surface area contributed by atoms with E-state index in [0.717, 1.165) is 18.9 Å². The van der Waals surface area contributed by atoms with Crippen molar-refractivity contribution in [2.75, 3.05) is 51.3 Å². The molecular formula is C22H28N4O7S. The summed E-state index contributed by atoms with van der Waals surface area (Å²) in [5.41, 5.74) is 0.648. The highest BCUT2D eigenvalue weighted by molar-refractivity contribution is 7.89. The molecule has 1 aromatic heterocycles. The zero-order valence-electron chi connectivity index (χ0n) is 19.2. The van der Waals surface area contributed by atoms with Gasteiger partial charge in [0.05, 0.1) is 23.8 Å². The normalized spacial score (nSPS) is 19.8. The molecule has 0 spiro atoms. The van der Waals surface area contributed by atoms with E-state index in [-0.39, 0.29) is 10.7 Å². The molecule has 0 bridgehead atoms. The van der Waals surface area contributed by atoms with E-state index in [1.807, 2.05) is 4.90 Å². The second-order valence-electron chi connectivity index (χ2n) is 8.62. The lowest BCUT2D eigenvalue weighted by Gasteiger charge is -2.36. The van der Waals surface area contributed by atoms with Gasteiger partial charge in [0, 0.05) is 39.3 Å². The second-order valence-corrected chi connectivity index (χ2v) is 10.6. The Hall–Kier alpha value is -3.12. The molecule has 3 heterocycles. The monoisotopic (exact) mass is 492 g/mol. The fourth-order valence-corrected chi connectivity index (χ4v) is 6.06. The van der Waals surface area contributed by atoms with Crippen molar-refractivity contribution in [1.29, 1.82) is 0 Å². The second kappa shape index (κ2) is 9.63. The van der Waals surface area contributed by atoms with Crippen molar-refractivity contribution in [3.63, 3.8) is 0 Å². The average Bonchev–Trinajstić information content (AvgIpc) is 3.34. The molecule has 2 saturated heterocycles. The number of benzene rings is 1. The highest BCUT2D eigenvalue weighted by atomic mass is 32.2. The highest BCUT2D eigenvalue weighted by Gasteiger charge is 2.31. The third-order valence-electron chi connectivity index (χ3n) is 6.30. The Kier molecular flexibility index (Phi) is 6.80. The minimum Gasteiger partial charge on any atom is -0.495 e. The molecule has 0 N–H and O–H groups in total. The Bertz CT molecular complexity index is 1170. The SMILES string of the molecule is COc1ccc(S(=O)(=O)N2CCC[C@@H](C)C2)cc1N1CCN(C(=O)c2ccc([N+](=O)[O-])o2)CC1. The fraction of sp³-hybridized carbons (Fsp3) is 0.500. The molecule has 11 nitrogen and oxygen atoms in total. The molecule has 0 saturated carbocycles. The van der Waals surface area contributed by atoms with Crippen LogP contribution in [0, 0.1) is 16.0 Å². The summed E-state index contributed by atoms with van der Waals surface area (Å²) in [5, 5.41) is 10.8. The highest BCUT2D eigenvalue weighted by Crippen LogP contribution is 2.34. The first-order valence-electron chi connectivity index (χ1n) is 11.2. The molecule has 0 radical (unpaired) electrons. The number of anilines is 1. The number of carbonyl (C=O) groups excluding carboxylic acids is 1.